The van der Waals surface area contributed by atoms with Gasteiger partial charge in [0.1, 0.15) is 0 Å². The van der Waals surface area contributed by atoms with Crippen LogP contribution < -0.4 is 0 Å². The molecule has 0 saturated heterocycles. The van der Waals surface area contributed by atoms with Crippen molar-refractivity contribution < 1.29 is 18.8 Å². The Labute approximate surface area is 105 Å². The highest BCUT2D eigenvalue weighted by Gasteiger charge is 2.40. The molecule has 0 unspecified atom stereocenters. The molecule has 0 aliphatic heterocycles. The highest BCUT2D eigenvalue weighted by atomic mass is 28.4. The third kappa shape index (κ3) is 5.86. The van der Waals surface area contributed by atoms with E-state index in [0.717, 1.165) is 0 Å². The molecule has 0 aromatic carbocycles. The van der Waals surface area contributed by atoms with Crippen LogP contribution in [0.1, 0.15) is 40.5 Å². The monoisotopic (exact) mass is 260 g/mol. The predicted octanol–water partition coefficient (Wildman–Crippen LogP) is 2.88. The van der Waals surface area contributed by atoms with E-state index in [2.05, 4.69) is 20.8 Å². The third-order valence-electron chi connectivity index (χ3n) is 3.01. The number of carbonyl (C=O) groups excluding carboxylic acids is 2. The van der Waals surface area contributed by atoms with Gasteiger partial charge in [0.2, 0.25) is 0 Å². The molecule has 0 aromatic rings. The first-order chi connectivity index (χ1) is 7.60. The van der Waals surface area contributed by atoms with Gasteiger partial charge >= 0.3 is 5.97 Å². The predicted molar refractivity (Wildman–Crippen MR) is 69.2 cm³/mol. The summed E-state index contributed by atoms with van der Waals surface area (Å²) in [5, 5.41) is -0.00735. The lowest BCUT2D eigenvalue weighted by molar-refractivity contribution is -0.146. The fourth-order valence-corrected chi connectivity index (χ4v) is 1.90. The van der Waals surface area contributed by atoms with Gasteiger partial charge in [-0.25, -0.2) is 0 Å². The van der Waals surface area contributed by atoms with Gasteiger partial charge in [-0.3, -0.25) is 9.59 Å². The largest absolute Gasteiger partial charge is 0.519 e. The first-order valence-electron chi connectivity index (χ1n) is 5.97. The standard InChI is InChI=1S/C12H24O4Si/c1-7-15-10(13)8-9-11(14)16-17(5,6)12(2,3)4/h7-9H2,1-6H3. The molecule has 0 atom stereocenters. The lowest BCUT2D eigenvalue weighted by atomic mass is 10.2. The Morgan fingerprint density at radius 2 is 1.53 bits per heavy atom. The molecule has 0 fully saturated rings. The van der Waals surface area contributed by atoms with Gasteiger partial charge in [-0.2, -0.15) is 0 Å². The Morgan fingerprint density at radius 3 is 1.94 bits per heavy atom. The van der Waals surface area contributed by atoms with Crippen molar-refractivity contribution in [2.45, 2.75) is 58.7 Å². The molecule has 0 aliphatic carbocycles. The smallest absolute Gasteiger partial charge is 0.306 e. The fourth-order valence-electron chi connectivity index (χ4n) is 0.926. The molecule has 0 radical (unpaired) electrons. The zero-order valence-electron chi connectivity index (χ0n) is 11.8. The second-order valence-corrected chi connectivity index (χ2v) is 10.3. The van der Waals surface area contributed by atoms with Crippen LogP contribution in [0.2, 0.25) is 18.1 Å². The van der Waals surface area contributed by atoms with Crippen LogP contribution in [0.25, 0.3) is 0 Å². The number of esters is 1. The molecule has 0 N–H and O–H groups in total. The average molecular weight is 260 g/mol. The molecule has 0 heterocycles. The van der Waals surface area contributed by atoms with E-state index >= 15 is 0 Å². The zero-order chi connectivity index (χ0) is 13.7. The van der Waals surface area contributed by atoms with Gasteiger partial charge in [0.15, 0.2) is 0 Å². The minimum atomic E-state index is -2.06. The van der Waals surface area contributed by atoms with E-state index in [1.54, 1.807) is 6.92 Å². The number of carbonyl (C=O) groups is 2. The summed E-state index contributed by atoms with van der Waals surface area (Å²) in [4.78, 5) is 22.7. The van der Waals surface area contributed by atoms with Crippen LogP contribution in [0.5, 0.6) is 0 Å². The van der Waals surface area contributed by atoms with Crippen LogP contribution in [-0.4, -0.2) is 26.9 Å². The normalized spacial score (nSPS) is 12.1. The summed E-state index contributed by atoms with van der Waals surface area (Å²) in [5.41, 5.74) is 0. The molecule has 100 valence electrons. The van der Waals surface area contributed by atoms with Crippen molar-refractivity contribution in [2.24, 2.45) is 0 Å². The molecule has 0 aliphatic rings. The first-order valence-corrected chi connectivity index (χ1v) is 8.88. The molecular weight excluding hydrogens is 236 g/mol. The van der Waals surface area contributed by atoms with Crippen molar-refractivity contribution in [2.75, 3.05) is 6.61 Å². The highest BCUT2D eigenvalue weighted by molar-refractivity contribution is 6.75. The van der Waals surface area contributed by atoms with Gasteiger partial charge in [-0.1, -0.05) is 20.8 Å². The topological polar surface area (TPSA) is 52.6 Å². The molecule has 0 aromatic heterocycles. The maximum absolute atomic E-state index is 11.6. The summed E-state index contributed by atoms with van der Waals surface area (Å²) in [7, 11) is -2.06. The Hall–Kier alpha value is -0.843. The Bertz CT molecular complexity index is 279. The number of hydrogen-bond donors (Lipinski definition) is 0. The van der Waals surface area contributed by atoms with Crippen LogP contribution in [-0.2, 0) is 18.8 Å². The van der Waals surface area contributed by atoms with Crippen LogP contribution >= 0.6 is 0 Å². The summed E-state index contributed by atoms with van der Waals surface area (Å²) in [6, 6.07) is 0. The van der Waals surface area contributed by atoms with Gasteiger partial charge in [0.05, 0.1) is 19.4 Å². The van der Waals surface area contributed by atoms with Crippen LogP contribution in [0, 0.1) is 0 Å². The molecule has 5 heteroatoms. The van der Waals surface area contributed by atoms with E-state index in [4.69, 9.17) is 9.16 Å². The molecule has 4 nitrogen and oxygen atoms in total. The molecule has 0 saturated carbocycles. The maximum Gasteiger partial charge on any atom is 0.306 e. The zero-order valence-corrected chi connectivity index (χ0v) is 12.8. The van der Waals surface area contributed by atoms with E-state index in [1.807, 2.05) is 13.1 Å². The van der Waals surface area contributed by atoms with Gasteiger partial charge in [-0.05, 0) is 25.1 Å². The quantitative estimate of drug-likeness (QED) is 0.563. The van der Waals surface area contributed by atoms with Crippen molar-refractivity contribution in [3.63, 3.8) is 0 Å². The van der Waals surface area contributed by atoms with E-state index in [0.29, 0.717) is 6.61 Å². The molecule has 0 rings (SSSR count). The summed E-state index contributed by atoms with van der Waals surface area (Å²) >= 11 is 0. The van der Waals surface area contributed by atoms with Crippen molar-refractivity contribution >= 4 is 20.3 Å². The Kier molecular flexibility index (Phi) is 5.88. The molecule has 17 heavy (non-hydrogen) atoms. The Balaban J connectivity index is 4.15. The maximum atomic E-state index is 11.6. The van der Waals surface area contributed by atoms with E-state index < -0.39 is 8.32 Å². The molecule has 0 bridgehead atoms. The summed E-state index contributed by atoms with van der Waals surface area (Å²) in [5.74, 6) is -0.649. The van der Waals surface area contributed by atoms with E-state index in [9.17, 15) is 9.59 Å². The number of rotatable bonds is 5. The van der Waals surface area contributed by atoms with Crippen molar-refractivity contribution in [3.05, 3.63) is 0 Å². The van der Waals surface area contributed by atoms with Crippen molar-refractivity contribution in [1.82, 2.24) is 0 Å². The lowest BCUT2D eigenvalue weighted by Crippen LogP contribution is -2.42. The van der Waals surface area contributed by atoms with Gasteiger partial charge in [0.25, 0.3) is 14.3 Å². The van der Waals surface area contributed by atoms with Gasteiger partial charge in [0, 0.05) is 0 Å². The second-order valence-electron chi connectivity index (χ2n) is 5.54. The summed E-state index contributed by atoms with van der Waals surface area (Å²) in [6.07, 6.45) is 0.201. The highest BCUT2D eigenvalue weighted by Crippen LogP contribution is 2.36. The van der Waals surface area contributed by atoms with Gasteiger partial charge < -0.3 is 9.16 Å². The van der Waals surface area contributed by atoms with Crippen LogP contribution in [0.4, 0.5) is 0 Å². The van der Waals surface area contributed by atoms with E-state index in [-0.39, 0.29) is 29.8 Å². The first kappa shape index (κ1) is 16.2. The van der Waals surface area contributed by atoms with Crippen LogP contribution in [0.15, 0.2) is 0 Å². The summed E-state index contributed by atoms with van der Waals surface area (Å²) in [6.45, 7) is 12.3. The Morgan fingerprint density at radius 1 is 1.06 bits per heavy atom. The van der Waals surface area contributed by atoms with Crippen molar-refractivity contribution in [3.8, 4) is 0 Å². The van der Waals surface area contributed by atoms with Crippen molar-refractivity contribution in [1.29, 1.82) is 0 Å². The van der Waals surface area contributed by atoms with Crippen LogP contribution in [0.3, 0.4) is 0 Å². The lowest BCUT2D eigenvalue weighted by Gasteiger charge is -2.35. The average Bonchev–Trinajstić information content (AvgIpc) is 2.12. The molecule has 0 spiro atoms. The fraction of sp³-hybridized carbons (Fsp3) is 0.833. The SMILES string of the molecule is CCOC(=O)CCC(=O)O[Si](C)(C)C(C)(C)C. The minimum absolute atomic E-state index is 0.00735. The second kappa shape index (κ2) is 6.19. The summed E-state index contributed by atoms with van der Waals surface area (Å²) < 4.78 is 10.3. The van der Waals surface area contributed by atoms with Gasteiger partial charge in [-0.15, -0.1) is 0 Å². The molecule has 0 amide bonds. The minimum Gasteiger partial charge on any atom is -0.519 e. The molecular formula is C12H24O4Si. The van der Waals surface area contributed by atoms with E-state index in [1.165, 1.54) is 0 Å². The number of hydrogen-bond acceptors (Lipinski definition) is 4. The third-order valence-corrected chi connectivity index (χ3v) is 7.36. The number of ether oxygens (including phenoxy) is 1.